The molecule has 3 rings (SSSR count). The predicted molar refractivity (Wildman–Crippen MR) is 129 cm³/mol. The minimum atomic E-state index is -0.734. The van der Waals surface area contributed by atoms with E-state index in [4.69, 9.17) is 0 Å². The smallest absolute Gasteiger partial charge is 0.306 e. The van der Waals surface area contributed by atoms with Gasteiger partial charge in [0.25, 0.3) is 11.8 Å². The minimum Gasteiger partial charge on any atom is -0.481 e. The number of nitrogens with one attached hydrogen (secondary N) is 1. The molecule has 34 heavy (non-hydrogen) atoms. The molecular weight excluding hydrogens is 432 g/mol. The van der Waals surface area contributed by atoms with E-state index in [9.17, 15) is 24.3 Å². The number of carbonyl (C=O) groups is 4. The Balaban J connectivity index is 1.16. The number of rotatable bonds is 14. The number of aliphatic carboxylic acids is 1. The molecule has 1 heterocycles. The lowest BCUT2D eigenvalue weighted by Crippen LogP contribution is -2.37. The number of nitrogens with zero attached hydrogens (tertiary/aromatic N) is 1. The van der Waals surface area contributed by atoms with Gasteiger partial charge >= 0.3 is 5.97 Å². The van der Waals surface area contributed by atoms with Crippen LogP contribution < -0.4 is 5.32 Å². The first-order chi connectivity index (χ1) is 16.5. The summed E-state index contributed by atoms with van der Waals surface area (Å²) in [7, 11) is 0. The van der Waals surface area contributed by atoms with E-state index < -0.39 is 5.97 Å². The van der Waals surface area contributed by atoms with E-state index in [1.165, 1.54) is 4.90 Å². The number of benzene rings is 1. The Morgan fingerprint density at radius 3 is 2.03 bits per heavy atom. The van der Waals surface area contributed by atoms with Crippen LogP contribution in [0.25, 0.3) is 0 Å². The predicted octanol–water partition coefficient (Wildman–Crippen LogP) is 4.80. The van der Waals surface area contributed by atoms with Gasteiger partial charge in [-0.2, -0.15) is 0 Å². The first kappa shape index (κ1) is 25.9. The van der Waals surface area contributed by atoms with Crippen molar-refractivity contribution in [1.29, 1.82) is 0 Å². The van der Waals surface area contributed by atoms with Gasteiger partial charge in [-0.25, -0.2) is 0 Å². The number of carboxylic acids is 1. The molecule has 7 nitrogen and oxygen atoms in total. The van der Waals surface area contributed by atoms with Crippen molar-refractivity contribution in [3.05, 3.63) is 35.4 Å². The Kier molecular flexibility index (Phi) is 10.1. The number of carboxylic acid groups (broad SMARTS) is 1. The summed E-state index contributed by atoms with van der Waals surface area (Å²) in [5, 5.41) is 12.3. The van der Waals surface area contributed by atoms with Gasteiger partial charge in [-0.15, -0.1) is 0 Å². The van der Waals surface area contributed by atoms with Crippen molar-refractivity contribution in [2.45, 2.75) is 83.5 Å². The molecule has 1 saturated carbocycles. The topological polar surface area (TPSA) is 104 Å². The third kappa shape index (κ3) is 7.15. The molecule has 0 aromatic heterocycles. The molecule has 186 valence electrons. The number of carbonyl (C=O) groups excluding carboxylic acids is 3. The van der Waals surface area contributed by atoms with Gasteiger partial charge in [0.15, 0.2) is 0 Å². The number of hydrogen-bond acceptors (Lipinski definition) is 4. The van der Waals surface area contributed by atoms with Gasteiger partial charge in [-0.05, 0) is 43.7 Å². The summed E-state index contributed by atoms with van der Waals surface area (Å²) in [5.41, 5.74) is 1.03. The second kappa shape index (κ2) is 13.3. The highest BCUT2D eigenvalue weighted by Gasteiger charge is 2.34. The molecule has 3 amide bonds. The van der Waals surface area contributed by atoms with E-state index in [-0.39, 0.29) is 29.6 Å². The first-order valence-electron chi connectivity index (χ1n) is 12.9. The Bertz CT molecular complexity index is 833. The molecule has 7 heteroatoms. The molecule has 2 aliphatic rings. The molecule has 2 atom stereocenters. The van der Waals surface area contributed by atoms with Crippen LogP contribution in [0, 0.1) is 11.8 Å². The van der Waals surface area contributed by atoms with Crippen molar-refractivity contribution >= 4 is 23.7 Å². The van der Waals surface area contributed by atoms with Crippen molar-refractivity contribution < 1.29 is 24.3 Å². The molecule has 0 bridgehead atoms. The van der Waals surface area contributed by atoms with Gasteiger partial charge < -0.3 is 10.4 Å². The summed E-state index contributed by atoms with van der Waals surface area (Å²) in [5.74, 6) is -1.31. The van der Waals surface area contributed by atoms with Crippen molar-refractivity contribution in [3.63, 3.8) is 0 Å². The summed E-state index contributed by atoms with van der Waals surface area (Å²) < 4.78 is 0. The van der Waals surface area contributed by atoms with E-state index in [1.54, 1.807) is 24.3 Å². The zero-order chi connectivity index (χ0) is 24.3. The number of imide groups is 1. The normalized spacial score (nSPS) is 19.8. The lowest BCUT2D eigenvalue weighted by Gasteiger charge is -2.28. The summed E-state index contributed by atoms with van der Waals surface area (Å²) >= 11 is 0. The first-order valence-corrected chi connectivity index (χ1v) is 12.9. The van der Waals surface area contributed by atoms with Crippen LogP contribution in [0.1, 0.15) is 104 Å². The van der Waals surface area contributed by atoms with Crippen LogP contribution >= 0.6 is 0 Å². The number of hydrogen-bond donors (Lipinski definition) is 2. The monoisotopic (exact) mass is 470 g/mol. The molecule has 1 aromatic rings. The van der Waals surface area contributed by atoms with Crippen LogP contribution in [0.5, 0.6) is 0 Å². The van der Waals surface area contributed by atoms with E-state index in [2.05, 4.69) is 5.32 Å². The summed E-state index contributed by atoms with van der Waals surface area (Å²) in [6, 6.07) is 7.00. The zero-order valence-electron chi connectivity index (χ0n) is 20.1. The Morgan fingerprint density at radius 1 is 0.853 bits per heavy atom. The lowest BCUT2D eigenvalue weighted by molar-refractivity contribution is -0.145. The third-order valence-electron chi connectivity index (χ3n) is 7.20. The van der Waals surface area contributed by atoms with Gasteiger partial charge in [0.05, 0.1) is 17.0 Å². The van der Waals surface area contributed by atoms with Crippen LogP contribution in [0.3, 0.4) is 0 Å². The molecular formula is C27H38N2O5. The van der Waals surface area contributed by atoms with Crippen LogP contribution in [0.15, 0.2) is 24.3 Å². The molecule has 0 radical (unpaired) electrons. The van der Waals surface area contributed by atoms with Crippen LogP contribution in [-0.4, -0.2) is 46.8 Å². The van der Waals surface area contributed by atoms with Crippen molar-refractivity contribution in [3.8, 4) is 0 Å². The second-order valence-electron chi connectivity index (χ2n) is 9.68. The fraction of sp³-hybridized carbons (Fsp3) is 0.630. The average Bonchev–Trinajstić information content (AvgIpc) is 3.08. The molecule has 1 aliphatic heterocycles. The maximum absolute atomic E-state index is 12.3. The lowest BCUT2D eigenvalue weighted by atomic mass is 9.79. The highest BCUT2D eigenvalue weighted by atomic mass is 16.4. The van der Waals surface area contributed by atoms with E-state index >= 15 is 0 Å². The largest absolute Gasteiger partial charge is 0.481 e. The summed E-state index contributed by atoms with van der Waals surface area (Å²) in [4.78, 5) is 49.5. The van der Waals surface area contributed by atoms with Crippen LogP contribution in [0.4, 0.5) is 0 Å². The van der Waals surface area contributed by atoms with Crippen molar-refractivity contribution in [2.75, 3.05) is 13.1 Å². The molecule has 0 unspecified atom stereocenters. The SMILES string of the molecule is O=C(CCCCCCCCCCN1C(=O)c2ccccc2C1=O)NC[C@@H]1CCCC[C@@H]1C(=O)O. The Morgan fingerprint density at radius 2 is 1.41 bits per heavy atom. The molecule has 0 spiro atoms. The Hall–Kier alpha value is -2.70. The van der Waals surface area contributed by atoms with Gasteiger partial charge in [0.1, 0.15) is 0 Å². The minimum absolute atomic E-state index is 0.0304. The van der Waals surface area contributed by atoms with E-state index in [1.807, 2.05) is 0 Å². The third-order valence-corrected chi connectivity index (χ3v) is 7.20. The van der Waals surface area contributed by atoms with Gasteiger partial charge in [-0.1, -0.05) is 63.5 Å². The Labute approximate surface area is 202 Å². The fourth-order valence-corrected chi connectivity index (χ4v) is 5.17. The molecule has 0 saturated heterocycles. The van der Waals surface area contributed by atoms with Gasteiger partial charge in [0, 0.05) is 19.5 Å². The summed E-state index contributed by atoms with van der Waals surface area (Å²) in [6.45, 7) is 0.964. The highest BCUT2D eigenvalue weighted by molar-refractivity contribution is 6.21. The van der Waals surface area contributed by atoms with Crippen molar-refractivity contribution in [1.82, 2.24) is 10.2 Å². The fourth-order valence-electron chi connectivity index (χ4n) is 5.17. The average molecular weight is 471 g/mol. The maximum Gasteiger partial charge on any atom is 0.306 e. The van der Waals surface area contributed by atoms with Gasteiger partial charge in [-0.3, -0.25) is 24.1 Å². The highest BCUT2D eigenvalue weighted by Crippen LogP contribution is 2.29. The molecule has 2 N–H and O–H groups in total. The van der Waals surface area contributed by atoms with E-state index in [0.717, 1.165) is 77.0 Å². The molecule has 1 aromatic carbocycles. The quantitative estimate of drug-likeness (QED) is 0.300. The number of fused-ring (bicyclic) bond motifs is 1. The number of unbranched alkanes of at least 4 members (excludes halogenated alkanes) is 7. The van der Waals surface area contributed by atoms with Gasteiger partial charge in [0.2, 0.25) is 5.91 Å². The molecule has 1 aliphatic carbocycles. The molecule has 1 fully saturated rings. The summed E-state index contributed by atoms with van der Waals surface area (Å²) in [6.07, 6.45) is 12.2. The maximum atomic E-state index is 12.3. The van der Waals surface area contributed by atoms with E-state index in [0.29, 0.717) is 30.6 Å². The standard InChI is InChI=1S/C27H38N2O5/c30-24(28-19-20-13-8-9-14-21(20)27(33)34)17-7-5-3-1-2-4-6-12-18-29-25(31)22-15-10-11-16-23(22)26(29)32/h10-11,15-16,20-21H,1-9,12-14,17-19H2,(H,28,30)(H,33,34)/t20-,21-/m0/s1. The zero-order valence-corrected chi connectivity index (χ0v) is 20.1. The van der Waals surface area contributed by atoms with Crippen LogP contribution in [-0.2, 0) is 9.59 Å². The van der Waals surface area contributed by atoms with Crippen LogP contribution in [0.2, 0.25) is 0 Å². The number of amides is 3. The van der Waals surface area contributed by atoms with Crippen molar-refractivity contribution in [2.24, 2.45) is 11.8 Å². The second-order valence-corrected chi connectivity index (χ2v) is 9.68.